The van der Waals surface area contributed by atoms with Crippen LogP contribution in [0.3, 0.4) is 0 Å². The molecule has 0 saturated heterocycles. The van der Waals surface area contributed by atoms with Crippen LogP contribution in [0.25, 0.3) is 10.6 Å². The van der Waals surface area contributed by atoms with Crippen LogP contribution in [-0.4, -0.2) is 31.2 Å². The Balaban J connectivity index is 2.27. The van der Waals surface area contributed by atoms with Gasteiger partial charge in [0, 0.05) is 25.8 Å². The lowest BCUT2D eigenvalue weighted by Crippen LogP contribution is -2.26. The maximum atomic E-state index is 13.1. The molecule has 2 rings (SSSR count). The van der Waals surface area contributed by atoms with Gasteiger partial charge in [-0.15, -0.1) is 11.3 Å². The summed E-state index contributed by atoms with van der Waals surface area (Å²) >= 11 is 0.737. The van der Waals surface area contributed by atoms with Crippen molar-refractivity contribution >= 4 is 17.2 Å². The predicted octanol–water partition coefficient (Wildman–Crippen LogP) is 3.60. The number of rotatable bonds is 6. The molecule has 124 valence electrons. The van der Waals surface area contributed by atoms with Crippen molar-refractivity contribution in [1.29, 1.82) is 0 Å². The van der Waals surface area contributed by atoms with Crippen molar-refractivity contribution in [3.63, 3.8) is 0 Å². The fourth-order valence-corrected chi connectivity index (χ4v) is 2.88. The molecule has 0 bridgehead atoms. The first kappa shape index (κ1) is 17.4. The lowest BCUT2D eigenvalue weighted by molar-refractivity contribution is -0.141. The molecule has 0 unspecified atom stereocenters. The van der Waals surface area contributed by atoms with E-state index in [1.165, 1.54) is 7.11 Å². The van der Waals surface area contributed by atoms with Gasteiger partial charge >= 0.3 is 6.18 Å². The quantitative estimate of drug-likeness (QED) is 0.815. The minimum absolute atomic E-state index is 0.167. The van der Waals surface area contributed by atoms with E-state index in [9.17, 15) is 18.0 Å². The lowest BCUT2D eigenvalue weighted by atomic mass is 10.2. The summed E-state index contributed by atoms with van der Waals surface area (Å²) in [6.07, 6.45) is -4.16. The highest BCUT2D eigenvalue weighted by Gasteiger charge is 2.39. The van der Waals surface area contributed by atoms with Crippen LogP contribution in [0.1, 0.15) is 21.8 Å². The number of carbonyl (C=O) groups is 1. The second-order valence-corrected chi connectivity index (χ2v) is 5.66. The minimum atomic E-state index is -4.68. The van der Waals surface area contributed by atoms with Gasteiger partial charge in [-0.1, -0.05) is 30.3 Å². The van der Waals surface area contributed by atoms with E-state index in [2.05, 4.69) is 10.3 Å². The summed E-state index contributed by atoms with van der Waals surface area (Å²) < 4.78 is 44.2. The van der Waals surface area contributed by atoms with Crippen molar-refractivity contribution in [3.8, 4) is 10.6 Å². The average molecular weight is 344 g/mol. The van der Waals surface area contributed by atoms with Crippen LogP contribution in [0, 0.1) is 0 Å². The fourth-order valence-electron chi connectivity index (χ4n) is 1.87. The molecule has 0 aliphatic heterocycles. The Morgan fingerprint density at radius 1 is 1.30 bits per heavy atom. The number of hydrogen-bond donors (Lipinski definition) is 1. The molecule has 0 aliphatic carbocycles. The Bertz CT molecular complexity index is 656. The first-order valence-electron chi connectivity index (χ1n) is 6.84. The number of carbonyl (C=O) groups excluding carboxylic acids is 1. The van der Waals surface area contributed by atoms with Crippen LogP contribution in [0.2, 0.25) is 0 Å². The van der Waals surface area contributed by atoms with E-state index in [-0.39, 0.29) is 11.6 Å². The highest BCUT2D eigenvalue weighted by atomic mass is 32.1. The molecular weight excluding hydrogens is 329 g/mol. The molecule has 1 N–H and O–H groups in total. The van der Waals surface area contributed by atoms with E-state index < -0.39 is 22.7 Å². The zero-order valence-corrected chi connectivity index (χ0v) is 13.1. The Hall–Kier alpha value is -1.93. The summed E-state index contributed by atoms with van der Waals surface area (Å²) in [7, 11) is 1.51. The normalized spacial score (nSPS) is 11.5. The molecule has 2 aromatic rings. The van der Waals surface area contributed by atoms with Crippen LogP contribution in [0.15, 0.2) is 30.3 Å². The van der Waals surface area contributed by atoms with E-state index in [1.807, 2.05) is 0 Å². The predicted molar refractivity (Wildman–Crippen MR) is 81.4 cm³/mol. The molecule has 0 spiro atoms. The number of ether oxygens (including phenoxy) is 1. The number of aromatic nitrogens is 1. The third kappa shape index (κ3) is 4.52. The largest absolute Gasteiger partial charge is 0.435 e. The number of amides is 1. The molecule has 0 fully saturated rings. The molecule has 0 atom stereocenters. The Labute approximate surface area is 135 Å². The Kier molecular flexibility index (Phi) is 5.73. The third-order valence-corrected chi connectivity index (χ3v) is 4.04. The third-order valence-electron chi connectivity index (χ3n) is 2.93. The van der Waals surface area contributed by atoms with Crippen molar-refractivity contribution in [2.75, 3.05) is 20.3 Å². The minimum Gasteiger partial charge on any atom is -0.385 e. The number of alkyl halides is 3. The molecule has 0 radical (unpaired) electrons. The Morgan fingerprint density at radius 2 is 2.00 bits per heavy atom. The summed E-state index contributed by atoms with van der Waals surface area (Å²) in [6.45, 7) is 0.660. The summed E-state index contributed by atoms with van der Waals surface area (Å²) in [5.41, 5.74) is -0.605. The number of nitrogens with zero attached hydrogens (tertiary/aromatic N) is 1. The SMILES string of the molecule is COCCCNC(=O)c1sc(-c2ccccc2)nc1C(F)(F)F. The number of methoxy groups -OCH3 is 1. The van der Waals surface area contributed by atoms with Gasteiger partial charge in [0.2, 0.25) is 0 Å². The summed E-state index contributed by atoms with van der Waals surface area (Å²) in [5, 5.41) is 2.63. The van der Waals surface area contributed by atoms with Gasteiger partial charge < -0.3 is 10.1 Å². The monoisotopic (exact) mass is 344 g/mol. The van der Waals surface area contributed by atoms with Gasteiger partial charge in [0.25, 0.3) is 5.91 Å². The molecule has 1 aromatic heterocycles. The van der Waals surface area contributed by atoms with Crippen LogP contribution in [-0.2, 0) is 10.9 Å². The summed E-state index contributed by atoms with van der Waals surface area (Å²) in [6, 6.07) is 8.46. The maximum Gasteiger partial charge on any atom is 0.435 e. The molecule has 1 heterocycles. The van der Waals surface area contributed by atoms with Crippen LogP contribution < -0.4 is 5.32 Å². The fraction of sp³-hybridized carbons (Fsp3) is 0.333. The van der Waals surface area contributed by atoms with Gasteiger partial charge in [-0.25, -0.2) is 4.98 Å². The van der Waals surface area contributed by atoms with Gasteiger partial charge in [-0.3, -0.25) is 4.79 Å². The van der Waals surface area contributed by atoms with Crippen LogP contribution >= 0.6 is 11.3 Å². The standard InChI is InChI=1S/C15H15F3N2O2S/c1-22-9-5-8-19-13(21)11-12(15(16,17)18)20-14(23-11)10-6-3-2-4-7-10/h2-4,6-7H,5,8-9H2,1H3,(H,19,21). The van der Waals surface area contributed by atoms with E-state index in [0.29, 0.717) is 18.6 Å². The topological polar surface area (TPSA) is 51.2 Å². The zero-order chi connectivity index (χ0) is 16.9. The van der Waals surface area contributed by atoms with Gasteiger partial charge in [-0.05, 0) is 6.42 Å². The first-order valence-corrected chi connectivity index (χ1v) is 7.65. The van der Waals surface area contributed by atoms with Gasteiger partial charge in [0.05, 0.1) is 0 Å². The van der Waals surface area contributed by atoms with Crippen LogP contribution in [0.4, 0.5) is 13.2 Å². The van der Waals surface area contributed by atoms with Crippen molar-refractivity contribution in [2.24, 2.45) is 0 Å². The zero-order valence-electron chi connectivity index (χ0n) is 12.3. The molecule has 4 nitrogen and oxygen atoms in total. The van der Waals surface area contributed by atoms with E-state index in [1.54, 1.807) is 30.3 Å². The molecule has 23 heavy (non-hydrogen) atoms. The van der Waals surface area contributed by atoms with E-state index >= 15 is 0 Å². The molecule has 0 aliphatic rings. The second-order valence-electron chi connectivity index (χ2n) is 4.66. The summed E-state index contributed by atoms with van der Waals surface area (Å²) in [4.78, 5) is 15.2. The first-order chi connectivity index (χ1) is 10.9. The van der Waals surface area contributed by atoms with E-state index in [0.717, 1.165) is 11.3 Å². The number of nitrogens with one attached hydrogen (secondary N) is 1. The number of thiazole rings is 1. The average Bonchev–Trinajstić information content (AvgIpc) is 2.98. The number of benzene rings is 1. The van der Waals surface area contributed by atoms with Crippen molar-refractivity contribution in [1.82, 2.24) is 10.3 Å². The second kappa shape index (κ2) is 7.56. The van der Waals surface area contributed by atoms with E-state index in [4.69, 9.17) is 4.74 Å². The number of halogens is 3. The molecule has 1 amide bonds. The van der Waals surface area contributed by atoms with Crippen molar-refractivity contribution in [3.05, 3.63) is 40.9 Å². The molecule has 1 aromatic carbocycles. The smallest absolute Gasteiger partial charge is 0.385 e. The van der Waals surface area contributed by atoms with Crippen LogP contribution in [0.5, 0.6) is 0 Å². The summed E-state index contributed by atoms with van der Waals surface area (Å²) in [5.74, 6) is -0.770. The van der Waals surface area contributed by atoms with Gasteiger partial charge in [0.1, 0.15) is 9.88 Å². The lowest BCUT2D eigenvalue weighted by Gasteiger charge is -2.07. The highest BCUT2D eigenvalue weighted by molar-refractivity contribution is 7.17. The van der Waals surface area contributed by atoms with Gasteiger partial charge in [0.15, 0.2) is 5.69 Å². The van der Waals surface area contributed by atoms with Crippen molar-refractivity contribution in [2.45, 2.75) is 12.6 Å². The molecule has 8 heteroatoms. The Morgan fingerprint density at radius 3 is 2.61 bits per heavy atom. The number of hydrogen-bond acceptors (Lipinski definition) is 4. The maximum absolute atomic E-state index is 13.1. The van der Waals surface area contributed by atoms with Gasteiger partial charge in [-0.2, -0.15) is 13.2 Å². The molecular formula is C15H15F3N2O2S. The van der Waals surface area contributed by atoms with Crippen molar-refractivity contribution < 1.29 is 22.7 Å². The molecule has 0 saturated carbocycles. The highest BCUT2D eigenvalue weighted by Crippen LogP contribution is 2.37.